The first-order valence-corrected chi connectivity index (χ1v) is 14.1. The Kier molecular flexibility index (Phi) is 7.68. The van der Waals surface area contributed by atoms with Crippen molar-refractivity contribution in [1.82, 2.24) is 10.2 Å². The number of hydrogen-bond acceptors (Lipinski definition) is 4. The number of fused-ring (bicyclic) bond motifs is 1. The molecule has 9 heteroatoms. The van der Waals surface area contributed by atoms with E-state index < -0.39 is 36.0 Å². The number of rotatable bonds is 7. The molecule has 0 radical (unpaired) electrons. The fraction of sp³-hybridized carbons (Fsp3) is 0.438. The van der Waals surface area contributed by atoms with Gasteiger partial charge < -0.3 is 14.8 Å². The van der Waals surface area contributed by atoms with Gasteiger partial charge in [-0.1, -0.05) is 36.4 Å². The van der Waals surface area contributed by atoms with Crippen molar-refractivity contribution < 1.29 is 31.4 Å². The topological polar surface area (TPSA) is 33.7 Å². The molecule has 0 aromatic heterocycles. The third kappa shape index (κ3) is 6.21. The summed E-state index contributed by atoms with van der Waals surface area (Å²) in [5.41, 5.74) is 1.90. The number of hydrogen-bond donors (Lipinski definition) is 1. The van der Waals surface area contributed by atoms with E-state index in [2.05, 4.69) is 5.32 Å². The molecule has 0 amide bonds. The highest BCUT2D eigenvalue weighted by Gasteiger charge is 2.43. The third-order valence-electron chi connectivity index (χ3n) is 8.60. The molecule has 1 N–H and O–H groups in total. The Hall–Kier alpha value is -3.17. The van der Waals surface area contributed by atoms with Gasteiger partial charge in [0.05, 0.1) is 18.7 Å². The zero-order valence-corrected chi connectivity index (χ0v) is 22.7. The molecule has 3 aromatic carbocycles. The highest BCUT2D eigenvalue weighted by atomic mass is 19.4. The number of ether oxygens (including phenoxy) is 2. The second-order valence-corrected chi connectivity index (χ2v) is 11.6. The van der Waals surface area contributed by atoms with E-state index in [-0.39, 0.29) is 23.8 Å². The van der Waals surface area contributed by atoms with E-state index in [9.17, 15) is 13.2 Å². The van der Waals surface area contributed by atoms with Crippen LogP contribution in [0, 0.1) is 17.0 Å². The monoisotopic (exact) mass is 572 g/mol. The molecule has 1 aliphatic carbocycles. The molecule has 1 spiro atoms. The summed E-state index contributed by atoms with van der Waals surface area (Å²) in [6.45, 7) is 0.882. The van der Waals surface area contributed by atoms with Crippen molar-refractivity contribution in [2.45, 2.75) is 57.0 Å². The summed E-state index contributed by atoms with van der Waals surface area (Å²) in [5, 5.41) is 3.30. The molecule has 1 saturated heterocycles. The lowest BCUT2D eigenvalue weighted by molar-refractivity contribution is -0.150. The SMILES string of the molecule is Fc1cc(OC2CCCC3(CNC3)C2)cc(F)c1C1c2ccc(OCc3ccccc3)cc2CCN1CC(F)(F)F. The normalized spacial score (nSPS) is 22.2. The molecule has 3 aliphatic rings. The molecule has 2 unspecified atom stereocenters. The van der Waals surface area contributed by atoms with Gasteiger partial charge in [-0.2, -0.15) is 13.2 Å². The first-order chi connectivity index (χ1) is 19.7. The van der Waals surface area contributed by atoms with Crippen LogP contribution in [0.1, 0.15) is 54.0 Å². The fourth-order valence-electron chi connectivity index (χ4n) is 6.60. The van der Waals surface area contributed by atoms with Crippen LogP contribution in [-0.2, 0) is 13.0 Å². The summed E-state index contributed by atoms with van der Waals surface area (Å²) in [5.74, 6) is -1.20. The molecular weight excluding hydrogens is 539 g/mol. The quantitative estimate of drug-likeness (QED) is 0.310. The number of benzene rings is 3. The van der Waals surface area contributed by atoms with Crippen LogP contribution in [0.15, 0.2) is 60.7 Å². The molecule has 2 fully saturated rings. The van der Waals surface area contributed by atoms with E-state index in [0.717, 1.165) is 61.4 Å². The van der Waals surface area contributed by atoms with Gasteiger partial charge in [0.1, 0.15) is 29.7 Å². The first kappa shape index (κ1) is 28.0. The van der Waals surface area contributed by atoms with Crippen LogP contribution in [-0.4, -0.2) is 43.4 Å². The fourth-order valence-corrected chi connectivity index (χ4v) is 6.60. The average molecular weight is 573 g/mol. The maximum absolute atomic E-state index is 15.7. The van der Waals surface area contributed by atoms with Crippen LogP contribution < -0.4 is 14.8 Å². The Morgan fingerprint density at radius 3 is 2.39 bits per heavy atom. The van der Waals surface area contributed by atoms with Crippen molar-refractivity contribution in [3.05, 3.63) is 94.6 Å². The molecule has 2 heterocycles. The van der Waals surface area contributed by atoms with E-state index in [4.69, 9.17) is 9.47 Å². The Morgan fingerprint density at radius 2 is 1.71 bits per heavy atom. The van der Waals surface area contributed by atoms with Gasteiger partial charge in [0.25, 0.3) is 0 Å². The van der Waals surface area contributed by atoms with Crippen molar-refractivity contribution in [2.24, 2.45) is 5.41 Å². The lowest BCUT2D eigenvalue weighted by atomic mass is 9.69. The molecule has 41 heavy (non-hydrogen) atoms. The highest BCUT2D eigenvalue weighted by Crippen LogP contribution is 2.43. The third-order valence-corrected chi connectivity index (χ3v) is 8.60. The molecule has 4 nitrogen and oxygen atoms in total. The number of alkyl halides is 3. The van der Waals surface area contributed by atoms with Gasteiger partial charge >= 0.3 is 6.18 Å². The van der Waals surface area contributed by atoms with Gasteiger partial charge in [0, 0.05) is 37.3 Å². The molecule has 1 saturated carbocycles. The van der Waals surface area contributed by atoms with Crippen molar-refractivity contribution in [2.75, 3.05) is 26.2 Å². The zero-order valence-electron chi connectivity index (χ0n) is 22.7. The molecule has 2 aliphatic heterocycles. The van der Waals surface area contributed by atoms with Crippen LogP contribution in [0.4, 0.5) is 22.0 Å². The van der Waals surface area contributed by atoms with Crippen LogP contribution >= 0.6 is 0 Å². The minimum absolute atomic E-state index is 0.00532. The maximum atomic E-state index is 15.7. The Bertz CT molecular complexity index is 1350. The number of nitrogens with zero attached hydrogens (tertiary/aromatic N) is 1. The number of halogens is 5. The van der Waals surface area contributed by atoms with E-state index >= 15 is 8.78 Å². The van der Waals surface area contributed by atoms with Gasteiger partial charge in [-0.25, -0.2) is 8.78 Å². The molecule has 218 valence electrons. The van der Waals surface area contributed by atoms with Gasteiger partial charge in [0.15, 0.2) is 0 Å². The largest absolute Gasteiger partial charge is 0.490 e. The predicted octanol–water partition coefficient (Wildman–Crippen LogP) is 6.96. The molecule has 3 aromatic rings. The summed E-state index contributed by atoms with van der Waals surface area (Å²) < 4.78 is 84.1. The summed E-state index contributed by atoms with van der Waals surface area (Å²) in [7, 11) is 0. The Morgan fingerprint density at radius 1 is 0.951 bits per heavy atom. The van der Waals surface area contributed by atoms with Crippen molar-refractivity contribution in [1.29, 1.82) is 0 Å². The Balaban J connectivity index is 1.27. The Labute approximate surface area is 236 Å². The summed E-state index contributed by atoms with van der Waals surface area (Å²) in [4.78, 5) is 1.10. The van der Waals surface area contributed by atoms with Crippen molar-refractivity contribution in [3.63, 3.8) is 0 Å². The van der Waals surface area contributed by atoms with Gasteiger partial charge in [-0.05, 0) is 66.3 Å². The van der Waals surface area contributed by atoms with Gasteiger partial charge in [-0.15, -0.1) is 0 Å². The summed E-state index contributed by atoms with van der Waals surface area (Å²) >= 11 is 0. The van der Waals surface area contributed by atoms with E-state index in [1.165, 1.54) is 0 Å². The average Bonchev–Trinajstić information content (AvgIpc) is 2.91. The first-order valence-electron chi connectivity index (χ1n) is 14.1. The van der Waals surface area contributed by atoms with E-state index in [1.54, 1.807) is 18.2 Å². The van der Waals surface area contributed by atoms with Gasteiger partial charge in [-0.3, -0.25) is 4.90 Å². The lowest BCUT2D eigenvalue weighted by Gasteiger charge is -2.47. The van der Waals surface area contributed by atoms with E-state index in [0.29, 0.717) is 29.9 Å². The summed E-state index contributed by atoms with van der Waals surface area (Å²) in [6.07, 6.45) is -0.674. The van der Waals surface area contributed by atoms with Crippen molar-refractivity contribution >= 4 is 0 Å². The van der Waals surface area contributed by atoms with Crippen LogP contribution in [0.25, 0.3) is 0 Å². The smallest absolute Gasteiger partial charge is 0.401 e. The molecular formula is C32H33F5N2O2. The molecule has 6 rings (SSSR count). The van der Waals surface area contributed by atoms with Crippen LogP contribution in [0.3, 0.4) is 0 Å². The molecule has 2 atom stereocenters. The minimum Gasteiger partial charge on any atom is -0.490 e. The predicted molar refractivity (Wildman–Crippen MR) is 145 cm³/mol. The lowest BCUT2D eigenvalue weighted by Crippen LogP contribution is -2.56. The zero-order chi connectivity index (χ0) is 28.6. The maximum Gasteiger partial charge on any atom is 0.401 e. The van der Waals surface area contributed by atoms with Crippen molar-refractivity contribution in [3.8, 4) is 11.5 Å². The second-order valence-electron chi connectivity index (χ2n) is 11.6. The van der Waals surface area contributed by atoms with Crippen LogP contribution in [0.5, 0.6) is 11.5 Å². The molecule has 0 bridgehead atoms. The number of nitrogens with one attached hydrogen (secondary N) is 1. The summed E-state index contributed by atoms with van der Waals surface area (Å²) in [6, 6.07) is 15.6. The van der Waals surface area contributed by atoms with Gasteiger partial charge in [0.2, 0.25) is 0 Å². The second kappa shape index (κ2) is 11.2. The standard InChI is InChI=1S/C32H33F5N2O2/c33-27-14-25(41-24-7-4-11-31(16-24)18-38-19-31)15-28(34)29(27)30-26-9-8-23(40-17-21-5-2-1-3-6-21)13-22(26)10-12-39(30)20-32(35,36)37/h1-3,5-6,8-9,13-15,24,30,38H,4,7,10-12,16-20H2. The van der Waals surface area contributed by atoms with Crippen LogP contribution in [0.2, 0.25) is 0 Å². The minimum atomic E-state index is -4.53. The van der Waals surface area contributed by atoms with E-state index in [1.807, 2.05) is 30.3 Å². The highest BCUT2D eigenvalue weighted by molar-refractivity contribution is 5.46.